The highest BCUT2D eigenvalue weighted by Gasteiger charge is 2.16. The number of fused-ring (bicyclic) bond motifs is 7. The van der Waals surface area contributed by atoms with Gasteiger partial charge in [0.2, 0.25) is 0 Å². The fourth-order valence-corrected chi connectivity index (χ4v) is 8.32. The molecule has 0 aliphatic rings. The second-order valence-corrected chi connectivity index (χ2v) is 14.4. The average molecular weight is 712 g/mol. The van der Waals surface area contributed by atoms with E-state index in [0.717, 1.165) is 66.8 Å². The summed E-state index contributed by atoms with van der Waals surface area (Å²) in [5.74, 6) is 0.713. The molecule has 3 nitrogen and oxygen atoms in total. The van der Waals surface area contributed by atoms with Gasteiger partial charge in [-0.25, -0.2) is 15.0 Å². The first kappa shape index (κ1) is 32.0. The SMILES string of the molecule is c1ccc2c(-c3cc(-c4ccc(-c5ccc(-c6nc7ccccc7c7c6ccc6ccccc67)cc5)cc4)nc(-c4cccc5ccccc45)n3)cccc2c1. The molecular weight excluding hydrogens is 679 g/mol. The van der Waals surface area contributed by atoms with Crippen LogP contribution >= 0.6 is 0 Å². The van der Waals surface area contributed by atoms with Crippen LogP contribution in [-0.4, -0.2) is 15.0 Å². The van der Waals surface area contributed by atoms with Gasteiger partial charge in [-0.05, 0) is 55.6 Å². The fraction of sp³-hybridized carbons (Fsp3) is 0. The van der Waals surface area contributed by atoms with Crippen molar-refractivity contribution >= 4 is 54.0 Å². The molecule has 56 heavy (non-hydrogen) atoms. The van der Waals surface area contributed by atoms with E-state index >= 15 is 0 Å². The normalized spacial score (nSPS) is 11.6. The Morgan fingerprint density at radius 3 is 1.48 bits per heavy atom. The molecule has 0 saturated carbocycles. The quantitative estimate of drug-likeness (QED) is 0.167. The lowest BCUT2D eigenvalue weighted by Gasteiger charge is -2.13. The van der Waals surface area contributed by atoms with Crippen LogP contribution in [0.3, 0.4) is 0 Å². The van der Waals surface area contributed by atoms with Gasteiger partial charge in [0.05, 0.1) is 22.6 Å². The highest BCUT2D eigenvalue weighted by atomic mass is 14.9. The van der Waals surface area contributed by atoms with Crippen LogP contribution in [0, 0.1) is 0 Å². The predicted molar refractivity (Wildman–Crippen MR) is 235 cm³/mol. The van der Waals surface area contributed by atoms with E-state index < -0.39 is 0 Å². The molecule has 0 bridgehead atoms. The minimum atomic E-state index is 0.713. The third-order valence-electron chi connectivity index (χ3n) is 11.1. The van der Waals surface area contributed by atoms with Crippen LogP contribution in [0.5, 0.6) is 0 Å². The Morgan fingerprint density at radius 1 is 0.286 bits per heavy atom. The summed E-state index contributed by atoms with van der Waals surface area (Å²) < 4.78 is 0. The topological polar surface area (TPSA) is 38.7 Å². The second kappa shape index (κ2) is 13.1. The summed E-state index contributed by atoms with van der Waals surface area (Å²) in [7, 11) is 0. The van der Waals surface area contributed by atoms with Crippen molar-refractivity contribution in [2.24, 2.45) is 0 Å². The molecule has 9 aromatic carbocycles. The van der Waals surface area contributed by atoms with Gasteiger partial charge in [-0.3, -0.25) is 0 Å². The molecule has 0 unspecified atom stereocenters. The summed E-state index contributed by atoms with van der Waals surface area (Å²) in [5, 5.41) is 10.7. The van der Waals surface area contributed by atoms with E-state index in [1.807, 2.05) is 0 Å². The van der Waals surface area contributed by atoms with Crippen molar-refractivity contribution in [3.05, 3.63) is 200 Å². The molecule has 3 heteroatoms. The Balaban J connectivity index is 0.990. The first-order valence-corrected chi connectivity index (χ1v) is 19.0. The van der Waals surface area contributed by atoms with Crippen LogP contribution in [0.2, 0.25) is 0 Å². The Bertz CT molecular complexity index is 3170. The van der Waals surface area contributed by atoms with E-state index in [9.17, 15) is 0 Å². The molecule has 0 radical (unpaired) electrons. The number of hydrogen-bond donors (Lipinski definition) is 0. The number of para-hydroxylation sites is 1. The van der Waals surface area contributed by atoms with Crippen molar-refractivity contribution < 1.29 is 0 Å². The van der Waals surface area contributed by atoms with E-state index in [2.05, 4.69) is 200 Å². The van der Waals surface area contributed by atoms with Gasteiger partial charge in [-0.2, -0.15) is 0 Å². The minimum Gasteiger partial charge on any atom is -0.247 e. The monoisotopic (exact) mass is 711 g/mol. The number of pyridine rings is 1. The number of rotatable bonds is 5. The molecule has 2 heterocycles. The zero-order chi connectivity index (χ0) is 37.0. The number of hydrogen-bond acceptors (Lipinski definition) is 3. The molecule has 11 rings (SSSR count). The molecule has 0 aliphatic carbocycles. The summed E-state index contributed by atoms with van der Waals surface area (Å²) >= 11 is 0. The maximum absolute atomic E-state index is 5.23. The first-order chi connectivity index (χ1) is 27.7. The molecular formula is C53H33N3. The summed E-state index contributed by atoms with van der Waals surface area (Å²) in [4.78, 5) is 15.7. The van der Waals surface area contributed by atoms with E-state index in [1.54, 1.807) is 0 Å². The second-order valence-electron chi connectivity index (χ2n) is 14.4. The fourth-order valence-electron chi connectivity index (χ4n) is 8.32. The van der Waals surface area contributed by atoms with E-state index in [4.69, 9.17) is 15.0 Å². The van der Waals surface area contributed by atoms with Crippen LogP contribution in [-0.2, 0) is 0 Å². The lowest BCUT2D eigenvalue weighted by molar-refractivity contribution is 1.19. The van der Waals surface area contributed by atoms with Crippen molar-refractivity contribution in [2.45, 2.75) is 0 Å². The Labute approximate surface area is 324 Å². The Kier molecular flexibility index (Phi) is 7.49. The molecule has 0 spiro atoms. The minimum absolute atomic E-state index is 0.713. The first-order valence-electron chi connectivity index (χ1n) is 19.0. The molecule has 0 saturated heterocycles. The molecule has 0 atom stereocenters. The van der Waals surface area contributed by atoms with Crippen molar-refractivity contribution in [1.82, 2.24) is 15.0 Å². The molecule has 0 aliphatic heterocycles. The average Bonchev–Trinajstić information content (AvgIpc) is 3.28. The highest BCUT2D eigenvalue weighted by Crippen LogP contribution is 2.38. The summed E-state index contributed by atoms with van der Waals surface area (Å²) in [6, 6.07) is 70.9. The lowest BCUT2D eigenvalue weighted by Crippen LogP contribution is -1.97. The van der Waals surface area contributed by atoms with Crippen molar-refractivity contribution in [3.63, 3.8) is 0 Å². The van der Waals surface area contributed by atoms with Crippen molar-refractivity contribution in [3.8, 4) is 56.3 Å². The van der Waals surface area contributed by atoms with Crippen molar-refractivity contribution in [2.75, 3.05) is 0 Å². The number of benzene rings is 9. The molecule has 0 fully saturated rings. The predicted octanol–water partition coefficient (Wildman–Crippen LogP) is 14.0. The van der Waals surface area contributed by atoms with Crippen LogP contribution in [0.1, 0.15) is 0 Å². The van der Waals surface area contributed by atoms with Gasteiger partial charge in [0.25, 0.3) is 0 Å². The van der Waals surface area contributed by atoms with Crippen molar-refractivity contribution in [1.29, 1.82) is 0 Å². The highest BCUT2D eigenvalue weighted by molar-refractivity contribution is 6.22. The maximum atomic E-state index is 5.23. The Hall–Kier alpha value is -7.49. The zero-order valence-corrected chi connectivity index (χ0v) is 30.4. The summed E-state index contributed by atoms with van der Waals surface area (Å²) in [6.07, 6.45) is 0. The van der Waals surface area contributed by atoms with E-state index in [1.165, 1.54) is 37.7 Å². The third-order valence-corrected chi connectivity index (χ3v) is 11.1. The van der Waals surface area contributed by atoms with Crippen LogP contribution in [0.25, 0.3) is 110 Å². The summed E-state index contributed by atoms with van der Waals surface area (Å²) in [6.45, 7) is 0. The molecule has 0 amide bonds. The standard InChI is InChI=1S/C53H33N3/c1-4-16-41-36(11-1)14-9-20-44(41)50-33-49(55-53(56-50)45-21-10-15-37-12-2-5-17-42(37)45)39-27-23-34(24-28-39)35-25-29-40(30-26-35)52-47-32-31-38-13-3-6-18-43(38)51(47)46-19-7-8-22-48(46)54-52/h1-33H. The van der Waals surface area contributed by atoms with Gasteiger partial charge >= 0.3 is 0 Å². The van der Waals surface area contributed by atoms with Gasteiger partial charge in [0.15, 0.2) is 5.82 Å². The molecule has 11 aromatic rings. The van der Waals surface area contributed by atoms with Gasteiger partial charge in [0.1, 0.15) is 0 Å². The molecule has 260 valence electrons. The largest absolute Gasteiger partial charge is 0.247 e. The summed E-state index contributed by atoms with van der Waals surface area (Å²) in [5.41, 5.74) is 10.3. The van der Waals surface area contributed by atoms with Gasteiger partial charge < -0.3 is 0 Å². The third kappa shape index (κ3) is 5.40. The molecule has 0 N–H and O–H groups in total. The molecule has 2 aromatic heterocycles. The smallest absolute Gasteiger partial charge is 0.161 e. The van der Waals surface area contributed by atoms with Crippen LogP contribution in [0.4, 0.5) is 0 Å². The Morgan fingerprint density at radius 2 is 0.786 bits per heavy atom. The van der Waals surface area contributed by atoms with E-state index in [0.29, 0.717) is 5.82 Å². The number of nitrogens with zero attached hydrogens (tertiary/aromatic N) is 3. The lowest BCUT2D eigenvalue weighted by atomic mass is 9.94. The van der Waals surface area contributed by atoms with Gasteiger partial charge in [-0.1, -0.05) is 188 Å². The van der Waals surface area contributed by atoms with Crippen LogP contribution < -0.4 is 0 Å². The zero-order valence-electron chi connectivity index (χ0n) is 30.4. The van der Waals surface area contributed by atoms with Crippen LogP contribution in [0.15, 0.2) is 200 Å². The van der Waals surface area contributed by atoms with E-state index in [-0.39, 0.29) is 0 Å². The van der Waals surface area contributed by atoms with Gasteiger partial charge in [0, 0.05) is 38.4 Å². The maximum Gasteiger partial charge on any atom is 0.161 e. The number of aromatic nitrogens is 3. The van der Waals surface area contributed by atoms with Gasteiger partial charge in [-0.15, -0.1) is 0 Å².